The van der Waals surface area contributed by atoms with Crippen LogP contribution in [0.3, 0.4) is 0 Å². The van der Waals surface area contributed by atoms with E-state index in [9.17, 15) is 18.0 Å². The normalized spacial score (nSPS) is 15.2. The van der Waals surface area contributed by atoms with Gasteiger partial charge in [-0.3, -0.25) is 15.1 Å². The minimum absolute atomic E-state index is 0.0812. The Bertz CT molecular complexity index is 529. The van der Waals surface area contributed by atoms with Crippen LogP contribution < -0.4 is 5.32 Å². The Morgan fingerprint density at radius 2 is 2.20 bits per heavy atom. The molecule has 0 radical (unpaired) electrons. The Kier molecular flexibility index (Phi) is 4.12. The highest BCUT2D eigenvalue weighted by Crippen LogP contribution is 2.15. The Morgan fingerprint density at radius 1 is 1.45 bits per heavy atom. The van der Waals surface area contributed by atoms with Crippen LogP contribution in [0.15, 0.2) is 23.3 Å². The van der Waals surface area contributed by atoms with Gasteiger partial charge in [0, 0.05) is 19.3 Å². The summed E-state index contributed by atoms with van der Waals surface area (Å²) in [5, 5.41) is 2.09. The summed E-state index contributed by atoms with van der Waals surface area (Å²) in [7, 11) is 0. The smallest absolute Gasteiger partial charge is 0.336 e. The summed E-state index contributed by atoms with van der Waals surface area (Å²) in [5.74, 6) is -2.11. The van der Waals surface area contributed by atoms with Crippen LogP contribution in [0, 0.1) is 0 Å². The van der Waals surface area contributed by atoms with Crippen molar-refractivity contribution in [2.24, 2.45) is 4.99 Å². The van der Waals surface area contributed by atoms with Crippen molar-refractivity contribution in [2.45, 2.75) is 12.7 Å². The molecule has 0 bridgehead atoms. The lowest BCUT2D eigenvalue weighted by Crippen LogP contribution is -2.46. The first-order valence-electron chi connectivity index (χ1n) is 5.64. The van der Waals surface area contributed by atoms with E-state index in [2.05, 4.69) is 9.98 Å². The number of aliphatic imine (C=N–C) groups is 1. The van der Waals surface area contributed by atoms with E-state index in [0.29, 0.717) is 24.8 Å². The predicted octanol–water partition coefficient (Wildman–Crippen LogP) is 1.59. The second-order valence-electron chi connectivity index (χ2n) is 4.07. The van der Waals surface area contributed by atoms with Gasteiger partial charge >= 0.3 is 12.1 Å². The minimum atomic E-state index is -4.93. The number of hydrogen-bond acceptors (Lipinski definition) is 4. The maximum atomic E-state index is 12.2. The van der Waals surface area contributed by atoms with E-state index in [1.807, 2.05) is 0 Å². The maximum absolute atomic E-state index is 12.2. The number of carbonyl (C=O) groups excluding carboxylic acids is 1. The summed E-state index contributed by atoms with van der Waals surface area (Å²) in [6.45, 7) is 1.05. The lowest BCUT2D eigenvalue weighted by molar-refractivity contribution is -0.172. The van der Waals surface area contributed by atoms with E-state index in [-0.39, 0.29) is 5.96 Å². The first-order chi connectivity index (χ1) is 9.36. The standard InChI is InChI=1S/C11H10ClF3N4O/c12-8-2-1-7(5-17-8)6-19-4-3-16-10(19)18-9(20)11(13,14)15/h1-2,5H,3-4,6H2,(H,16,18,20). The molecule has 2 heterocycles. The van der Waals surface area contributed by atoms with E-state index in [1.165, 1.54) is 11.1 Å². The van der Waals surface area contributed by atoms with Gasteiger partial charge in [0.05, 0.1) is 6.54 Å². The molecule has 1 aliphatic heterocycles. The van der Waals surface area contributed by atoms with E-state index < -0.39 is 12.1 Å². The summed E-state index contributed by atoms with van der Waals surface area (Å²) in [5.41, 5.74) is 0.755. The summed E-state index contributed by atoms with van der Waals surface area (Å²) in [4.78, 5) is 20.2. The molecule has 0 saturated carbocycles. The number of carbonyl (C=O) groups is 1. The van der Waals surface area contributed by atoms with Crippen molar-refractivity contribution in [3.8, 4) is 0 Å². The molecule has 108 valence electrons. The average molecular weight is 307 g/mol. The third-order valence-electron chi connectivity index (χ3n) is 2.58. The minimum Gasteiger partial charge on any atom is -0.336 e. The molecule has 0 spiro atoms. The number of nitrogens with zero attached hydrogens (tertiary/aromatic N) is 3. The number of hydrogen-bond donors (Lipinski definition) is 1. The molecule has 0 aromatic carbocycles. The molecule has 1 aromatic heterocycles. The average Bonchev–Trinajstić information content (AvgIpc) is 2.78. The molecule has 0 unspecified atom stereocenters. The third kappa shape index (κ3) is 3.60. The number of nitrogens with one attached hydrogen (secondary N) is 1. The molecule has 20 heavy (non-hydrogen) atoms. The van der Waals surface area contributed by atoms with Gasteiger partial charge in [-0.1, -0.05) is 17.7 Å². The van der Waals surface area contributed by atoms with Crippen LogP contribution in [-0.4, -0.2) is 41.0 Å². The molecule has 2 rings (SSSR count). The van der Waals surface area contributed by atoms with Crippen LogP contribution in [-0.2, 0) is 11.3 Å². The van der Waals surface area contributed by atoms with Crippen LogP contribution >= 0.6 is 11.6 Å². The lowest BCUT2D eigenvalue weighted by atomic mass is 10.3. The zero-order chi connectivity index (χ0) is 14.8. The molecule has 1 aromatic rings. The molecular formula is C11H10ClF3N4O. The zero-order valence-corrected chi connectivity index (χ0v) is 10.9. The van der Waals surface area contributed by atoms with Crippen LogP contribution in [0.2, 0.25) is 5.15 Å². The summed E-state index contributed by atoms with van der Waals surface area (Å²) in [6, 6.07) is 3.29. The fraction of sp³-hybridized carbons (Fsp3) is 0.364. The molecule has 1 N–H and O–H groups in total. The third-order valence-corrected chi connectivity index (χ3v) is 2.80. The van der Waals surface area contributed by atoms with Crippen molar-refractivity contribution >= 4 is 23.5 Å². The Morgan fingerprint density at radius 3 is 2.80 bits per heavy atom. The zero-order valence-electron chi connectivity index (χ0n) is 10.1. The topological polar surface area (TPSA) is 57.6 Å². The largest absolute Gasteiger partial charge is 0.471 e. The SMILES string of the molecule is O=C(NC1=NCCN1Cc1ccc(Cl)nc1)C(F)(F)F. The molecule has 9 heteroatoms. The molecule has 1 aliphatic rings. The van der Waals surface area contributed by atoms with Gasteiger partial charge in [-0.2, -0.15) is 13.2 Å². The fourth-order valence-electron chi connectivity index (χ4n) is 1.65. The molecule has 0 fully saturated rings. The number of alkyl halides is 3. The Balaban J connectivity index is 2.00. The van der Waals surface area contributed by atoms with Crippen molar-refractivity contribution in [2.75, 3.05) is 13.1 Å². The fourth-order valence-corrected chi connectivity index (χ4v) is 1.76. The van der Waals surface area contributed by atoms with Crippen molar-refractivity contribution in [3.63, 3.8) is 0 Å². The number of amides is 1. The van der Waals surface area contributed by atoms with Crippen molar-refractivity contribution in [3.05, 3.63) is 29.0 Å². The molecule has 0 atom stereocenters. The highest BCUT2D eigenvalue weighted by molar-refractivity contribution is 6.29. The summed E-state index contributed by atoms with van der Waals surface area (Å²) >= 11 is 5.65. The second kappa shape index (κ2) is 5.66. The predicted molar refractivity (Wildman–Crippen MR) is 66.2 cm³/mol. The van der Waals surface area contributed by atoms with Gasteiger partial charge < -0.3 is 4.90 Å². The lowest BCUT2D eigenvalue weighted by Gasteiger charge is -2.20. The van der Waals surface area contributed by atoms with Crippen LogP contribution in [0.5, 0.6) is 0 Å². The first-order valence-corrected chi connectivity index (χ1v) is 6.02. The van der Waals surface area contributed by atoms with Crippen molar-refractivity contribution < 1.29 is 18.0 Å². The highest BCUT2D eigenvalue weighted by atomic mass is 35.5. The highest BCUT2D eigenvalue weighted by Gasteiger charge is 2.40. The van der Waals surface area contributed by atoms with E-state index in [4.69, 9.17) is 11.6 Å². The van der Waals surface area contributed by atoms with Crippen LogP contribution in [0.25, 0.3) is 0 Å². The molecule has 0 aliphatic carbocycles. The second-order valence-corrected chi connectivity index (χ2v) is 4.46. The molecular weight excluding hydrogens is 297 g/mol. The van der Waals surface area contributed by atoms with Crippen molar-refractivity contribution in [1.29, 1.82) is 0 Å². The Labute approximate surface area is 117 Å². The van der Waals surface area contributed by atoms with Crippen LogP contribution in [0.1, 0.15) is 5.56 Å². The van der Waals surface area contributed by atoms with Crippen molar-refractivity contribution in [1.82, 2.24) is 15.2 Å². The number of guanidine groups is 1. The number of aromatic nitrogens is 1. The Hall–Kier alpha value is -1.83. The first kappa shape index (κ1) is 14.6. The van der Waals surface area contributed by atoms with Gasteiger partial charge in [-0.15, -0.1) is 0 Å². The van der Waals surface area contributed by atoms with Gasteiger partial charge in [-0.25, -0.2) is 4.98 Å². The molecule has 0 saturated heterocycles. The summed E-state index contributed by atoms with van der Waals surface area (Å²) in [6.07, 6.45) is -3.41. The number of halogens is 4. The number of rotatable bonds is 2. The monoisotopic (exact) mass is 306 g/mol. The molecule has 5 nitrogen and oxygen atoms in total. The number of pyridine rings is 1. The van der Waals surface area contributed by atoms with Gasteiger partial charge in [0.1, 0.15) is 5.15 Å². The van der Waals surface area contributed by atoms with E-state index in [1.54, 1.807) is 17.4 Å². The van der Waals surface area contributed by atoms with Gasteiger partial charge in [0.2, 0.25) is 5.96 Å². The summed E-state index contributed by atoms with van der Waals surface area (Å²) < 4.78 is 36.6. The van der Waals surface area contributed by atoms with E-state index in [0.717, 1.165) is 5.56 Å². The quantitative estimate of drug-likeness (QED) is 0.844. The maximum Gasteiger partial charge on any atom is 0.471 e. The van der Waals surface area contributed by atoms with Gasteiger partial charge in [0.15, 0.2) is 0 Å². The van der Waals surface area contributed by atoms with Crippen LogP contribution in [0.4, 0.5) is 13.2 Å². The van der Waals surface area contributed by atoms with E-state index >= 15 is 0 Å². The van der Waals surface area contributed by atoms with Gasteiger partial charge in [0.25, 0.3) is 0 Å². The molecule has 1 amide bonds. The van der Waals surface area contributed by atoms with Gasteiger partial charge in [-0.05, 0) is 11.6 Å².